The van der Waals surface area contributed by atoms with Crippen molar-refractivity contribution < 1.29 is 4.79 Å². The molecule has 1 aromatic heterocycles. The van der Waals surface area contributed by atoms with Crippen molar-refractivity contribution in [3.8, 4) is 0 Å². The first-order chi connectivity index (χ1) is 12.3. The molecule has 25 heavy (non-hydrogen) atoms. The van der Waals surface area contributed by atoms with Gasteiger partial charge in [-0.05, 0) is 28.5 Å². The SMILES string of the molecule is O=C1NC[C@@H]2CN(Cc3ccccc3)C[C@H]2c2c1sc1ccccc21. The zero-order valence-corrected chi connectivity index (χ0v) is 14.8. The second-order valence-corrected chi connectivity index (χ2v) is 8.15. The molecule has 3 nitrogen and oxygen atoms in total. The Morgan fingerprint density at radius 3 is 2.72 bits per heavy atom. The molecule has 2 aliphatic heterocycles. The fourth-order valence-electron chi connectivity index (χ4n) is 4.37. The van der Waals surface area contributed by atoms with Crippen LogP contribution in [0.25, 0.3) is 10.1 Å². The van der Waals surface area contributed by atoms with Gasteiger partial charge in [0, 0.05) is 36.8 Å². The van der Waals surface area contributed by atoms with E-state index in [4.69, 9.17) is 0 Å². The maximum absolute atomic E-state index is 12.6. The van der Waals surface area contributed by atoms with Gasteiger partial charge in [-0.1, -0.05) is 48.5 Å². The maximum Gasteiger partial charge on any atom is 0.261 e. The average molecular weight is 348 g/mol. The molecule has 3 heterocycles. The molecule has 3 aromatic rings. The van der Waals surface area contributed by atoms with E-state index < -0.39 is 0 Å². The summed E-state index contributed by atoms with van der Waals surface area (Å²) in [6.07, 6.45) is 0. The zero-order chi connectivity index (χ0) is 16.8. The maximum atomic E-state index is 12.6. The first-order valence-corrected chi connectivity index (χ1v) is 9.67. The molecule has 1 amide bonds. The molecule has 126 valence electrons. The number of hydrogen-bond acceptors (Lipinski definition) is 3. The molecule has 0 spiro atoms. The Morgan fingerprint density at radius 1 is 1.04 bits per heavy atom. The lowest BCUT2D eigenvalue weighted by molar-refractivity contribution is 0.0955. The van der Waals surface area contributed by atoms with Crippen LogP contribution in [0.4, 0.5) is 0 Å². The highest BCUT2D eigenvalue weighted by Gasteiger charge is 2.39. The predicted octanol–water partition coefficient (Wildman–Crippen LogP) is 3.86. The molecule has 1 saturated heterocycles. The van der Waals surface area contributed by atoms with Crippen LogP contribution in [0.5, 0.6) is 0 Å². The van der Waals surface area contributed by atoms with Crippen molar-refractivity contribution in [2.24, 2.45) is 5.92 Å². The van der Waals surface area contributed by atoms with Gasteiger partial charge in [0.2, 0.25) is 0 Å². The Morgan fingerprint density at radius 2 is 1.84 bits per heavy atom. The molecule has 0 bridgehead atoms. The minimum Gasteiger partial charge on any atom is -0.351 e. The van der Waals surface area contributed by atoms with Crippen LogP contribution < -0.4 is 5.32 Å². The summed E-state index contributed by atoms with van der Waals surface area (Å²) in [4.78, 5) is 16.0. The minimum atomic E-state index is 0.111. The molecule has 1 N–H and O–H groups in total. The third kappa shape index (κ3) is 2.57. The van der Waals surface area contributed by atoms with Gasteiger partial charge in [-0.15, -0.1) is 11.3 Å². The summed E-state index contributed by atoms with van der Waals surface area (Å²) in [6.45, 7) is 3.84. The predicted molar refractivity (Wildman–Crippen MR) is 102 cm³/mol. The average Bonchev–Trinajstić information content (AvgIpc) is 3.18. The van der Waals surface area contributed by atoms with Gasteiger partial charge in [0.1, 0.15) is 0 Å². The second kappa shape index (κ2) is 5.97. The molecular weight excluding hydrogens is 328 g/mol. The van der Waals surface area contributed by atoms with Crippen LogP contribution in [0.15, 0.2) is 54.6 Å². The number of nitrogens with one attached hydrogen (secondary N) is 1. The van der Waals surface area contributed by atoms with E-state index in [0.29, 0.717) is 11.8 Å². The largest absolute Gasteiger partial charge is 0.351 e. The molecular formula is C21H20N2OS. The number of benzene rings is 2. The van der Waals surface area contributed by atoms with Crippen molar-refractivity contribution >= 4 is 27.3 Å². The Bertz CT molecular complexity index is 933. The van der Waals surface area contributed by atoms with Crippen LogP contribution in [0.1, 0.15) is 26.7 Å². The van der Waals surface area contributed by atoms with Gasteiger partial charge in [-0.2, -0.15) is 0 Å². The van der Waals surface area contributed by atoms with E-state index in [1.165, 1.54) is 21.2 Å². The van der Waals surface area contributed by atoms with E-state index >= 15 is 0 Å². The van der Waals surface area contributed by atoms with Crippen LogP contribution >= 0.6 is 11.3 Å². The normalized spacial score (nSPS) is 23.1. The van der Waals surface area contributed by atoms with Crippen molar-refractivity contribution in [3.63, 3.8) is 0 Å². The Balaban J connectivity index is 1.52. The zero-order valence-electron chi connectivity index (χ0n) is 13.9. The lowest BCUT2D eigenvalue weighted by Gasteiger charge is -2.16. The van der Waals surface area contributed by atoms with E-state index in [1.54, 1.807) is 11.3 Å². The highest BCUT2D eigenvalue weighted by molar-refractivity contribution is 7.21. The topological polar surface area (TPSA) is 32.3 Å². The molecule has 1 fully saturated rings. The number of likely N-dealkylation sites (tertiary alicyclic amines) is 1. The van der Waals surface area contributed by atoms with Crippen molar-refractivity contribution in [1.29, 1.82) is 0 Å². The third-order valence-corrected chi connectivity index (χ3v) is 6.69. The van der Waals surface area contributed by atoms with Crippen molar-refractivity contribution in [2.75, 3.05) is 19.6 Å². The van der Waals surface area contributed by atoms with Crippen LogP contribution in [0.3, 0.4) is 0 Å². The van der Waals surface area contributed by atoms with E-state index in [9.17, 15) is 4.79 Å². The molecule has 2 aliphatic rings. The Labute approximate surface area is 151 Å². The molecule has 0 radical (unpaired) electrons. The monoisotopic (exact) mass is 348 g/mol. The van der Waals surface area contributed by atoms with Crippen molar-refractivity contribution in [3.05, 3.63) is 70.6 Å². The van der Waals surface area contributed by atoms with E-state index in [1.807, 2.05) is 0 Å². The van der Waals surface area contributed by atoms with Gasteiger partial charge in [-0.25, -0.2) is 0 Å². The van der Waals surface area contributed by atoms with Gasteiger partial charge < -0.3 is 5.32 Å². The smallest absolute Gasteiger partial charge is 0.261 e. The second-order valence-electron chi connectivity index (χ2n) is 7.10. The summed E-state index contributed by atoms with van der Waals surface area (Å²) in [5.74, 6) is 1.04. The number of carbonyl (C=O) groups excluding carboxylic acids is 1. The number of amides is 1. The highest BCUT2D eigenvalue weighted by atomic mass is 32.1. The number of nitrogens with zero attached hydrogens (tertiary/aromatic N) is 1. The molecule has 2 atom stereocenters. The number of thiophene rings is 1. The van der Waals surface area contributed by atoms with Crippen LogP contribution in [0, 0.1) is 5.92 Å². The minimum absolute atomic E-state index is 0.111. The Kier molecular flexibility index (Phi) is 3.61. The molecule has 0 saturated carbocycles. The number of fused-ring (bicyclic) bond motifs is 5. The van der Waals surface area contributed by atoms with E-state index in [2.05, 4.69) is 64.8 Å². The molecule has 5 rings (SSSR count). The van der Waals surface area contributed by atoms with Gasteiger partial charge in [0.05, 0.1) is 4.88 Å². The fraction of sp³-hybridized carbons (Fsp3) is 0.286. The summed E-state index contributed by atoms with van der Waals surface area (Å²) in [6, 6.07) is 19.1. The fourth-order valence-corrected chi connectivity index (χ4v) is 5.56. The van der Waals surface area contributed by atoms with Crippen molar-refractivity contribution in [2.45, 2.75) is 12.5 Å². The lowest BCUT2D eigenvalue weighted by Crippen LogP contribution is -2.29. The van der Waals surface area contributed by atoms with Crippen LogP contribution in [-0.4, -0.2) is 30.4 Å². The molecule has 2 aromatic carbocycles. The summed E-state index contributed by atoms with van der Waals surface area (Å²) in [5.41, 5.74) is 2.65. The standard InChI is InChI=1S/C21H20N2OS/c24-21-20-19(16-8-4-5-9-18(16)25-20)17-13-23(12-15(17)10-22-21)11-14-6-2-1-3-7-14/h1-9,15,17H,10-13H2,(H,22,24)/t15-,17-/m1/s1. The summed E-state index contributed by atoms with van der Waals surface area (Å²) in [7, 11) is 0. The highest BCUT2D eigenvalue weighted by Crippen LogP contribution is 2.43. The summed E-state index contributed by atoms with van der Waals surface area (Å²) in [5, 5.41) is 4.44. The molecule has 4 heteroatoms. The molecule has 0 unspecified atom stereocenters. The van der Waals surface area contributed by atoms with E-state index in [0.717, 1.165) is 31.1 Å². The van der Waals surface area contributed by atoms with Gasteiger partial charge >= 0.3 is 0 Å². The number of carbonyl (C=O) groups is 1. The Hall–Kier alpha value is -2.17. The summed E-state index contributed by atoms with van der Waals surface area (Å²) < 4.78 is 1.23. The van der Waals surface area contributed by atoms with Gasteiger partial charge in [0.25, 0.3) is 5.91 Å². The quantitative estimate of drug-likeness (QED) is 0.763. The third-order valence-electron chi connectivity index (χ3n) is 5.50. The van der Waals surface area contributed by atoms with E-state index in [-0.39, 0.29) is 5.91 Å². The van der Waals surface area contributed by atoms with Crippen LogP contribution in [0.2, 0.25) is 0 Å². The van der Waals surface area contributed by atoms with Crippen molar-refractivity contribution in [1.82, 2.24) is 10.2 Å². The lowest BCUT2D eigenvalue weighted by atomic mass is 9.88. The van der Waals surface area contributed by atoms with Crippen LogP contribution in [-0.2, 0) is 6.54 Å². The molecule has 0 aliphatic carbocycles. The summed E-state index contributed by atoms with van der Waals surface area (Å²) >= 11 is 1.64. The number of rotatable bonds is 2. The first kappa shape index (κ1) is 15.1. The van der Waals surface area contributed by atoms with Gasteiger partial charge in [0.15, 0.2) is 0 Å². The number of hydrogen-bond donors (Lipinski definition) is 1. The first-order valence-electron chi connectivity index (χ1n) is 8.85. The van der Waals surface area contributed by atoms with Gasteiger partial charge in [-0.3, -0.25) is 9.69 Å².